The molecule has 1 aromatic heterocycles. The Kier molecular flexibility index (Phi) is 5.58. The fraction of sp³-hybridized carbons (Fsp3) is 0.227. The van der Waals surface area contributed by atoms with E-state index in [0.717, 1.165) is 47.8 Å². The molecule has 1 aliphatic rings. The van der Waals surface area contributed by atoms with Gasteiger partial charge in [-0.2, -0.15) is 0 Å². The summed E-state index contributed by atoms with van der Waals surface area (Å²) in [5, 5.41) is 1.82. The van der Waals surface area contributed by atoms with Crippen molar-refractivity contribution in [3.63, 3.8) is 0 Å². The number of hydrogen-bond acceptors (Lipinski definition) is 5. The van der Waals surface area contributed by atoms with Gasteiger partial charge in [-0.15, -0.1) is 0 Å². The Labute approximate surface area is 164 Å². The lowest BCUT2D eigenvalue weighted by Crippen LogP contribution is -2.27. The zero-order valence-corrected chi connectivity index (χ0v) is 15.7. The molecule has 2 heterocycles. The number of nitrogens with two attached hydrogens (primary N) is 1. The van der Waals surface area contributed by atoms with Crippen molar-refractivity contribution in [1.29, 1.82) is 0 Å². The summed E-state index contributed by atoms with van der Waals surface area (Å²) in [6.45, 7) is 1.77. The van der Waals surface area contributed by atoms with Crippen LogP contribution in [0.25, 0.3) is 5.70 Å². The van der Waals surface area contributed by atoms with Crippen LogP contribution < -0.4 is 15.3 Å². The molecule has 1 aliphatic heterocycles. The van der Waals surface area contributed by atoms with E-state index >= 15 is 0 Å². The lowest BCUT2D eigenvalue weighted by atomic mass is 10.1. The van der Waals surface area contributed by atoms with Crippen molar-refractivity contribution in [2.75, 3.05) is 19.8 Å². The first kappa shape index (κ1) is 18.1. The van der Waals surface area contributed by atoms with E-state index in [1.54, 1.807) is 12.5 Å². The summed E-state index contributed by atoms with van der Waals surface area (Å²) in [4.78, 5) is 4.21. The van der Waals surface area contributed by atoms with E-state index < -0.39 is 0 Å². The Morgan fingerprint density at radius 2 is 1.79 bits per heavy atom. The van der Waals surface area contributed by atoms with Crippen LogP contribution in [0.2, 0.25) is 0 Å². The number of para-hydroxylation sites is 2. The molecule has 0 unspecified atom stereocenters. The number of hydrogen-bond donors (Lipinski definition) is 1. The van der Waals surface area contributed by atoms with Crippen molar-refractivity contribution in [1.82, 2.24) is 14.6 Å². The highest BCUT2D eigenvalue weighted by atomic mass is 16.5. The van der Waals surface area contributed by atoms with Crippen LogP contribution in [-0.4, -0.2) is 34.3 Å². The average Bonchev–Trinajstić information content (AvgIpc) is 3.40. The molecule has 4 rings (SSSR count). The predicted octanol–water partition coefficient (Wildman–Crippen LogP) is 3.53. The first-order chi connectivity index (χ1) is 13.8. The van der Waals surface area contributed by atoms with Crippen LogP contribution in [0.15, 0.2) is 79.0 Å². The third-order valence-corrected chi connectivity index (χ3v) is 4.69. The van der Waals surface area contributed by atoms with Gasteiger partial charge in [0, 0.05) is 24.5 Å². The Bertz CT molecular complexity index is 923. The summed E-state index contributed by atoms with van der Waals surface area (Å²) in [6.07, 6.45) is 7.47. The maximum atomic E-state index is 6.24. The van der Waals surface area contributed by atoms with Gasteiger partial charge in [0.1, 0.15) is 24.7 Å². The Hall–Kier alpha value is -3.25. The summed E-state index contributed by atoms with van der Waals surface area (Å²) < 4.78 is 13.8. The number of aromatic nitrogens is 2. The van der Waals surface area contributed by atoms with Crippen LogP contribution in [0.1, 0.15) is 18.4 Å². The molecular formula is C22H24N4O2. The largest absolute Gasteiger partial charge is 0.490 e. The Balaban J connectivity index is 1.56. The number of benzene rings is 2. The summed E-state index contributed by atoms with van der Waals surface area (Å²) >= 11 is 0. The summed E-state index contributed by atoms with van der Waals surface area (Å²) in [6, 6.07) is 17.8. The van der Waals surface area contributed by atoms with E-state index in [1.165, 1.54) is 0 Å². The molecule has 28 heavy (non-hydrogen) atoms. The predicted molar refractivity (Wildman–Crippen MR) is 109 cm³/mol. The van der Waals surface area contributed by atoms with Gasteiger partial charge >= 0.3 is 0 Å². The second-order valence-corrected chi connectivity index (χ2v) is 6.57. The lowest BCUT2D eigenvalue weighted by Gasteiger charge is -2.21. The number of hydrazine groups is 1. The minimum absolute atomic E-state index is 0.449. The quantitative estimate of drug-likeness (QED) is 0.505. The summed E-state index contributed by atoms with van der Waals surface area (Å²) in [5.41, 5.74) is 3.10. The fourth-order valence-corrected chi connectivity index (χ4v) is 3.40. The van der Waals surface area contributed by atoms with Crippen LogP contribution in [0.5, 0.6) is 11.5 Å². The SMILES string of the molecule is NN1CCCC1=C(c1ccccc1OCCOc1ccccc1)n1ccnc1. The number of imidazole rings is 1. The minimum atomic E-state index is 0.449. The fourth-order valence-electron chi connectivity index (χ4n) is 3.40. The smallest absolute Gasteiger partial charge is 0.128 e. The minimum Gasteiger partial charge on any atom is -0.490 e. The van der Waals surface area contributed by atoms with Gasteiger partial charge < -0.3 is 19.0 Å². The van der Waals surface area contributed by atoms with Crippen molar-refractivity contribution in [3.05, 3.63) is 84.6 Å². The third-order valence-electron chi connectivity index (χ3n) is 4.69. The normalized spacial score (nSPS) is 15.5. The van der Waals surface area contributed by atoms with Crippen molar-refractivity contribution in [3.8, 4) is 11.5 Å². The van der Waals surface area contributed by atoms with Gasteiger partial charge in [-0.1, -0.05) is 30.3 Å². The molecule has 6 heteroatoms. The first-order valence-corrected chi connectivity index (χ1v) is 9.46. The molecule has 2 N–H and O–H groups in total. The van der Waals surface area contributed by atoms with Gasteiger partial charge in [-0.3, -0.25) is 0 Å². The van der Waals surface area contributed by atoms with E-state index in [9.17, 15) is 0 Å². The molecule has 1 fully saturated rings. The number of rotatable bonds is 7. The molecule has 0 spiro atoms. The topological polar surface area (TPSA) is 65.5 Å². The second-order valence-electron chi connectivity index (χ2n) is 6.57. The molecule has 0 amide bonds. The van der Waals surface area contributed by atoms with Gasteiger partial charge in [-0.05, 0) is 37.1 Å². The zero-order chi connectivity index (χ0) is 19.2. The number of nitrogens with zero attached hydrogens (tertiary/aromatic N) is 3. The van der Waals surface area contributed by atoms with Crippen molar-refractivity contribution < 1.29 is 9.47 Å². The molecule has 0 atom stereocenters. The van der Waals surface area contributed by atoms with Crippen LogP contribution >= 0.6 is 0 Å². The Morgan fingerprint density at radius 1 is 1.00 bits per heavy atom. The highest BCUT2D eigenvalue weighted by molar-refractivity contribution is 5.73. The van der Waals surface area contributed by atoms with Crippen LogP contribution in [0.4, 0.5) is 0 Å². The van der Waals surface area contributed by atoms with Crippen LogP contribution in [0.3, 0.4) is 0 Å². The van der Waals surface area contributed by atoms with Crippen molar-refractivity contribution in [2.24, 2.45) is 5.84 Å². The van der Waals surface area contributed by atoms with Gasteiger partial charge in [-0.25, -0.2) is 10.8 Å². The second kappa shape index (κ2) is 8.63. The van der Waals surface area contributed by atoms with E-state index in [1.807, 2.05) is 64.3 Å². The van der Waals surface area contributed by atoms with Gasteiger partial charge in [0.15, 0.2) is 0 Å². The molecule has 1 saturated heterocycles. The first-order valence-electron chi connectivity index (χ1n) is 9.46. The summed E-state index contributed by atoms with van der Waals surface area (Å²) in [7, 11) is 0. The number of ether oxygens (including phenoxy) is 2. The van der Waals surface area contributed by atoms with Gasteiger partial charge in [0.05, 0.1) is 17.7 Å². The van der Waals surface area contributed by atoms with E-state index in [4.69, 9.17) is 15.3 Å². The van der Waals surface area contributed by atoms with Crippen LogP contribution in [0, 0.1) is 0 Å². The molecule has 0 bridgehead atoms. The molecule has 0 radical (unpaired) electrons. The monoisotopic (exact) mass is 376 g/mol. The third kappa shape index (κ3) is 4.02. The molecule has 6 nitrogen and oxygen atoms in total. The molecule has 0 aliphatic carbocycles. The summed E-state index contributed by atoms with van der Waals surface area (Å²) in [5.74, 6) is 7.88. The zero-order valence-electron chi connectivity index (χ0n) is 15.7. The highest BCUT2D eigenvalue weighted by Crippen LogP contribution is 2.34. The van der Waals surface area contributed by atoms with E-state index in [-0.39, 0.29) is 0 Å². The highest BCUT2D eigenvalue weighted by Gasteiger charge is 2.22. The Morgan fingerprint density at radius 3 is 2.54 bits per heavy atom. The van der Waals surface area contributed by atoms with Crippen molar-refractivity contribution >= 4 is 5.70 Å². The molecule has 3 aromatic rings. The molecule has 0 saturated carbocycles. The lowest BCUT2D eigenvalue weighted by molar-refractivity contribution is 0.216. The van der Waals surface area contributed by atoms with Crippen molar-refractivity contribution in [2.45, 2.75) is 12.8 Å². The standard InChI is InChI=1S/C22H24N4O2/c23-26-13-6-10-20(26)22(25-14-12-24-17-25)19-9-4-5-11-21(19)28-16-15-27-18-7-2-1-3-8-18/h1-5,7-9,11-12,14,17H,6,10,13,15-16,23H2. The number of allylic oxidation sites excluding steroid dienone is 1. The van der Waals surface area contributed by atoms with Gasteiger partial charge in [0.2, 0.25) is 0 Å². The average molecular weight is 376 g/mol. The molecular weight excluding hydrogens is 352 g/mol. The van der Waals surface area contributed by atoms with Crippen LogP contribution in [-0.2, 0) is 0 Å². The maximum absolute atomic E-state index is 6.24. The van der Waals surface area contributed by atoms with Gasteiger partial charge in [0.25, 0.3) is 0 Å². The van der Waals surface area contributed by atoms with E-state index in [2.05, 4.69) is 11.1 Å². The maximum Gasteiger partial charge on any atom is 0.128 e. The van der Waals surface area contributed by atoms with E-state index in [0.29, 0.717) is 13.2 Å². The molecule has 144 valence electrons. The molecule has 2 aromatic carbocycles.